The third kappa shape index (κ3) is 7.25. The lowest BCUT2D eigenvalue weighted by Gasteiger charge is -2.25. The number of hydrogen-bond acceptors (Lipinski definition) is 4. The van der Waals surface area contributed by atoms with Crippen molar-refractivity contribution < 1.29 is 9.47 Å². The highest BCUT2D eigenvalue weighted by atomic mass is 35.5. The van der Waals surface area contributed by atoms with E-state index >= 15 is 0 Å². The van der Waals surface area contributed by atoms with Crippen LogP contribution in [0, 0.1) is 0 Å². The van der Waals surface area contributed by atoms with Gasteiger partial charge in [-0.15, -0.1) is 0 Å². The Morgan fingerprint density at radius 3 is 2.33 bits per heavy atom. The summed E-state index contributed by atoms with van der Waals surface area (Å²) >= 11 is 6.07. The van der Waals surface area contributed by atoms with Crippen molar-refractivity contribution in [2.24, 2.45) is 0 Å². The zero-order valence-electron chi connectivity index (χ0n) is 13.3. The summed E-state index contributed by atoms with van der Waals surface area (Å²) in [5.41, 5.74) is 1.23. The first kappa shape index (κ1) is 18.4. The Labute approximate surface area is 133 Å². The van der Waals surface area contributed by atoms with Crippen molar-refractivity contribution in [2.75, 3.05) is 54.1 Å². The lowest BCUT2D eigenvalue weighted by molar-refractivity contribution is 0.111. The van der Waals surface area contributed by atoms with Crippen LogP contribution in [0.2, 0.25) is 5.02 Å². The Morgan fingerprint density at radius 2 is 1.81 bits per heavy atom. The minimum atomic E-state index is 0.302. The smallest absolute Gasteiger partial charge is 0.0589 e. The van der Waals surface area contributed by atoms with Crippen molar-refractivity contribution >= 4 is 11.6 Å². The van der Waals surface area contributed by atoms with E-state index in [1.807, 2.05) is 25.2 Å². The summed E-state index contributed by atoms with van der Waals surface area (Å²) in [6, 6.07) is 8.34. The molecule has 0 aliphatic carbocycles. The summed E-state index contributed by atoms with van der Waals surface area (Å²) in [6.07, 6.45) is 1.02. The second kappa shape index (κ2) is 11.0. The first-order valence-electron chi connectivity index (χ1n) is 7.34. The standard InChI is InChI=1S/C16H27ClN2O2/c1-18-16(14-5-4-6-15(17)13-14)7-8-19(9-11-20-2)10-12-21-3/h4-6,13,16,18H,7-12H2,1-3H3. The van der Waals surface area contributed by atoms with Crippen molar-refractivity contribution in [1.82, 2.24) is 10.2 Å². The number of rotatable bonds is 11. The number of nitrogens with zero attached hydrogens (tertiary/aromatic N) is 1. The number of halogens is 1. The van der Waals surface area contributed by atoms with Gasteiger partial charge < -0.3 is 14.8 Å². The highest BCUT2D eigenvalue weighted by Crippen LogP contribution is 2.20. The van der Waals surface area contributed by atoms with E-state index in [-0.39, 0.29) is 0 Å². The van der Waals surface area contributed by atoms with Gasteiger partial charge in [0.25, 0.3) is 0 Å². The van der Waals surface area contributed by atoms with Gasteiger partial charge in [0.15, 0.2) is 0 Å². The third-order valence-electron chi connectivity index (χ3n) is 3.56. The molecular weight excluding hydrogens is 288 g/mol. The van der Waals surface area contributed by atoms with Crippen LogP contribution in [-0.4, -0.2) is 59.0 Å². The molecule has 0 saturated heterocycles. The predicted molar refractivity (Wildman–Crippen MR) is 88.1 cm³/mol. The zero-order chi connectivity index (χ0) is 15.5. The Morgan fingerprint density at radius 1 is 1.14 bits per heavy atom. The summed E-state index contributed by atoms with van der Waals surface area (Å²) in [5.74, 6) is 0. The van der Waals surface area contributed by atoms with Crippen molar-refractivity contribution in [1.29, 1.82) is 0 Å². The molecule has 1 unspecified atom stereocenters. The molecule has 0 aromatic heterocycles. The molecule has 0 fully saturated rings. The molecule has 1 aromatic rings. The Balaban J connectivity index is 2.53. The van der Waals surface area contributed by atoms with Gasteiger partial charge in [-0.05, 0) is 31.2 Å². The van der Waals surface area contributed by atoms with E-state index < -0.39 is 0 Å². The second-order valence-corrected chi connectivity index (χ2v) is 5.45. The van der Waals surface area contributed by atoms with Crippen molar-refractivity contribution in [3.05, 3.63) is 34.9 Å². The minimum Gasteiger partial charge on any atom is -0.383 e. The lowest BCUT2D eigenvalue weighted by Crippen LogP contribution is -2.33. The molecule has 4 nitrogen and oxygen atoms in total. The van der Waals surface area contributed by atoms with Crippen LogP contribution in [0.4, 0.5) is 0 Å². The summed E-state index contributed by atoms with van der Waals surface area (Å²) in [4.78, 5) is 2.36. The molecule has 1 rings (SSSR count). The zero-order valence-corrected chi connectivity index (χ0v) is 14.0. The molecule has 0 spiro atoms. The first-order valence-corrected chi connectivity index (χ1v) is 7.72. The fourth-order valence-corrected chi connectivity index (χ4v) is 2.49. The highest BCUT2D eigenvalue weighted by molar-refractivity contribution is 6.30. The quantitative estimate of drug-likeness (QED) is 0.681. The fourth-order valence-electron chi connectivity index (χ4n) is 2.29. The van der Waals surface area contributed by atoms with E-state index in [0.29, 0.717) is 6.04 Å². The van der Waals surface area contributed by atoms with Crippen LogP contribution in [0.25, 0.3) is 0 Å². The number of nitrogens with one attached hydrogen (secondary N) is 1. The van der Waals surface area contributed by atoms with Crippen LogP contribution < -0.4 is 5.32 Å². The van der Waals surface area contributed by atoms with Gasteiger partial charge in [0.05, 0.1) is 13.2 Å². The topological polar surface area (TPSA) is 33.7 Å². The van der Waals surface area contributed by atoms with Gasteiger partial charge in [-0.25, -0.2) is 0 Å². The third-order valence-corrected chi connectivity index (χ3v) is 3.79. The molecule has 0 aliphatic heterocycles. The molecule has 1 aromatic carbocycles. The largest absolute Gasteiger partial charge is 0.383 e. The second-order valence-electron chi connectivity index (χ2n) is 5.01. The molecule has 0 amide bonds. The molecule has 120 valence electrons. The van der Waals surface area contributed by atoms with Crippen LogP contribution in [0.5, 0.6) is 0 Å². The Kier molecular flexibility index (Phi) is 9.63. The van der Waals surface area contributed by atoms with E-state index in [4.69, 9.17) is 21.1 Å². The molecule has 1 N–H and O–H groups in total. The molecule has 0 heterocycles. The van der Waals surface area contributed by atoms with Crippen LogP contribution in [0.1, 0.15) is 18.0 Å². The van der Waals surface area contributed by atoms with Gasteiger partial charge in [-0.1, -0.05) is 23.7 Å². The summed E-state index contributed by atoms with van der Waals surface area (Å²) in [6.45, 7) is 4.32. The summed E-state index contributed by atoms with van der Waals surface area (Å²) in [7, 11) is 5.45. The van der Waals surface area contributed by atoms with Crippen molar-refractivity contribution in [3.8, 4) is 0 Å². The molecule has 0 bridgehead atoms. The molecule has 0 radical (unpaired) electrons. The SMILES string of the molecule is CNC(CCN(CCOC)CCOC)c1cccc(Cl)c1. The van der Waals surface area contributed by atoms with Crippen LogP contribution in [0.15, 0.2) is 24.3 Å². The lowest BCUT2D eigenvalue weighted by atomic mass is 10.0. The fraction of sp³-hybridized carbons (Fsp3) is 0.625. The normalized spacial score (nSPS) is 12.8. The van der Waals surface area contributed by atoms with E-state index in [9.17, 15) is 0 Å². The Hall–Kier alpha value is -0.650. The van der Waals surface area contributed by atoms with Crippen LogP contribution in [0.3, 0.4) is 0 Å². The average Bonchev–Trinajstić information content (AvgIpc) is 2.50. The predicted octanol–water partition coefficient (Wildman–Crippen LogP) is 2.59. The molecule has 5 heteroatoms. The number of hydrogen-bond donors (Lipinski definition) is 1. The molecular formula is C16H27ClN2O2. The van der Waals surface area contributed by atoms with E-state index in [1.165, 1.54) is 5.56 Å². The monoisotopic (exact) mass is 314 g/mol. The van der Waals surface area contributed by atoms with Gasteiger partial charge in [0.2, 0.25) is 0 Å². The molecule has 1 atom stereocenters. The first-order chi connectivity index (χ1) is 10.2. The number of methoxy groups -OCH3 is 2. The van der Waals surface area contributed by atoms with Gasteiger partial charge in [-0.3, -0.25) is 4.90 Å². The maximum atomic E-state index is 6.07. The van der Waals surface area contributed by atoms with E-state index in [2.05, 4.69) is 16.3 Å². The van der Waals surface area contributed by atoms with Crippen LogP contribution in [-0.2, 0) is 9.47 Å². The van der Waals surface area contributed by atoms with Gasteiger partial charge >= 0.3 is 0 Å². The summed E-state index contributed by atoms with van der Waals surface area (Å²) < 4.78 is 10.3. The number of benzene rings is 1. The van der Waals surface area contributed by atoms with E-state index in [1.54, 1.807) is 14.2 Å². The minimum absolute atomic E-state index is 0.302. The van der Waals surface area contributed by atoms with Gasteiger partial charge in [0, 0.05) is 44.9 Å². The molecule has 0 aliphatic rings. The highest BCUT2D eigenvalue weighted by Gasteiger charge is 2.12. The van der Waals surface area contributed by atoms with Crippen LogP contribution >= 0.6 is 11.6 Å². The maximum absolute atomic E-state index is 6.07. The van der Waals surface area contributed by atoms with E-state index in [0.717, 1.165) is 44.3 Å². The summed E-state index contributed by atoms with van der Waals surface area (Å²) in [5, 5.41) is 4.15. The molecule has 0 saturated carbocycles. The van der Waals surface area contributed by atoms with Gasteiger partial charge in [0.1, 0.15) is 0 Å². The molecule has 21 heavy (non-hydrogen) atoms. The van der Waals surface area contributed by atoms with Gasteiger partial charge in [-0.2, -0.15) is 0 Å². The average molecular weight is 315 g/mol. The van der Waals surface area contributed by atoms with Crippen molar-refractivity contribution in [2.45, 2.75) is 12.5 Å². The maximum Gasteiger partial charge on any atom is 0.0589 e. The van der Waals surface area contributed by atoms with Crippen molar-refractivity contribution in [3.63, 3.8) is 0 Å². The number of ether oxygens (including phenoxy) is 2. The Bertz CT molecular complexity index is 382.